The Balaban J connectivity index is 1.73. The van der Waals surface area contributed by atoms with Gasteiger partial charge < -0.3 is 14.1 Å². The number of ether oxygens (including phenoxy) is 1. The fraction of sp³-hybridized carbons (Fsp3) is 0.318. The summed E-state index contributed by atoms with van der Waals surface area (Å²) < 4.78 is 35.3. The Morgan fingerprint density at radius 2 is 1.97 bits per heavy atom. The molecular weight excluding hydrogens is 390 g/mol. The zero-order valence-electron chi connectivity index (χ0n) is 16.4. The Bertz CT molecular complexity index is 1150. The number of rotatable bonds is 5. The molecule has 0 unspecified atom stereocenters. The third kappa shape index (κ3) is 3.87. The second-order valence-corrected chi connectivity index (χ2v) is 9.62. The Morgan fingerprint density at radius 1 is 1.21 bits per heavy atom. The molecule has 152 valence electrons. The average Bonchev–Trinajstić information content (AvgIpc) is 3.25. The van der Waals surface area contributed by atoms with E-state index in [-0.39, 0.29) is 29.2 Å². The van der Waals surface area contributed by atoms with E-state index in [1.807, 2.05) is 43.3 Å². The van der Waals surface area contributed by atoms with Gasteiger partial charge in [-0.05, 0) is 37.1 Å². The van der Waals surface area contributed by atoms with Crippen molar-refractivity contribution in [1.29, 1.82) is 0 Å². The van der Waals surface area contributed by atoms with Crippen molar-refractivity contribution in [3.63, 3.8) is 0 Å². The third-order valence-electron chi connectivity index (χ3n) is 5.44. The number of fused-ring (bicyclic) bond motifs is 1. The monoisotopic (exact) mass is 413 g/mol. The average molecular weight is 413 g/mol. The van der Waals surface area contributed by atoms with E-state index >= 15 is 0 Å². The van der Waals surface area contributed by atoms with Crippen molar-refractivity contribution in [2.24, 2.45) is 0 Å². The number of furan rings is 1. The summed E-state index contributed by atoms with van der Waals surface area (Å²) in [4.78, 5) is 15.1. The van der Waals surface area contributed by atoms with Crippen LogP contribution < -0.4 is 4.74 Å². The summed E-state index contributed by atoms with van der Waals surface area (Å²) in [5.74, 6) is 0.728. The quantitative estimate of drug-likeness (QED) is 0.639. The van der Waals surface area contributed by atoms with Crippen LogP contribution in [-0.4, -0.2) is 43.9 Å². The molecule has 0 radical (unpaired) electrons. The number of carbonyl (C=O) groups excluding carboxylic acids is 1. The molecule has 0 bridgehead atoms. The van der Waals surface area contributed by atoms with Crippen molar-refractivity contribution in [3.8, 4) is 5.75 Å². The standard InChI is InChI=1S/C22H23NO5S/c1-15-19-12-18(27-2)8-9-20(19)28-21(15)22(24)23(13-16-6-4-3-5-7-16)17-10-11-29(25,26)14-17/h3-9,12,17H,10-11,13-14H2,1-2H3/t17-/m0/s1. The zero-order chi connectivity index (χ0) is 20.6. The van der Waals surface area contributed by atoms with Crippen LogP contribution in [0.3, 0.4) is 0 Å². The van der Waals surface area contributed by atoms with Crippen LogP contribution in [0.2, 0.25) is 0 Å². The lowest BCUT2D eigenvalue weighted by atomic mass is 10.1. The molecule has 0 aliphatic carbocycles. The lowest BCUT2D eigenvalue weighted by molar-refractivity contribution is 0.0649. The number of benzene rings is 2. The van der Waals surface area contributed by atoms with E-state index in [4.69, 9.17) is 9.15 Å². The molecule has 29 heavy (non-hydrogen) atoms. The smallest absolute Gasteiger partial charge is 0.290 e. The summed E-state index contributed by atoms with van der Waals surface area (Å²) in [6.07, 6.45) is 0.438. The van der Waals surface area contributed by atoms with Crippen LogP contribution in [0, 0.1) is 6.92 Å². The highest BCUT2D eigenvalue weighted by molar-refractivity contribution is 7.91. The molecule has 1 fully saturated rings. The fourth-order valence-corrected chi connectivity index (χ4v) is 5.56. The van der Waals surface area contributed by atoms with Crippen LogP contribution in [0.4, 0.5) is 0 Å². The topological polar surface area (TPSA) is 76.8 Å². The van der Waals surface area contributed by atoms with E-state index in [2.05, 4.69) is 0 Å². The van der Waals surface area contributed by atoms with Crippen LogP contribution >= 0.6 is 0 Å². The first-order valence-electron chi connectivity index (χ1n) is 9.50. The zero-order valence-corrected chi connectivity index (χ0v) is 17.2. The molecule has 4 rings (SSSR count). The predicted octanol–water partition coefficient (Wildman–Crippen LogP) is 3.58. The van der Waals surface area contributed by atoms with Gasteiger partial charge in [-0.2, -0.15) is 0 Å². The van der Waals surface area contributed by atoms with Gasteiger partial charge in [-0.3, -0.25) is 4.79 Å². The second kappa shape index (κ2) is 7.55. The minimum absolute atomic E-state index is 0.0152. The Morgan fingerprint density at radius 3 is 2.62 bits per heavy atom. The molecule has 2 aromatic carbocycles. The van der Waals surface area contributed by atoms with Crippen molar-refractivity contribution in [2.75, 3.05) is 18.6 Å². The van der Waals surface area contributed by atoms with E-state index < -0.39 is 9.84 Å². The number of hydrogen-bond donors (Lipinski definition) is 0. The summed E-state index contributed by atoms with van der Waals surface area (Å²) in [7, 11) is -1.55. The van der Waals surface area contributed by atoms with Crippen molar-refractivity contribution >= 4 is 26.7 Å². The van der Waals surface area contributed by atoms with Gasteiger partial charge in [0.25, 0.3) is 5.91 Å². The molecule has 1 amide bonds. The first-order chi connectivity index (χ1) is 13.9. The summed E-state index contributed by atoms with van der Waals surface area (Å²) in [6, 6.07) is 14.6. The molecule has 0 N–H and O–H groups in total. The molecule has 2 heterocycles. The van der Waals surface area contributed by atoms with Gasteiger partial charge >= 0.3 is 0 Å². The SMILES string of the molecule is COc1ccc2oc(C(=O)N(Cc3ccccc3)[C@H]3CCS(=O)(=O)C3)c(C)c2c1. The molecule has 1 aromatic heterocycles. The molecule has 1 aliphatic rings. The van der Waals surface area contributed by atoms with E-state index in [0.29, 0.717) is 24.3 Å². The normalized spacial score (nSPS) is 18.1. The molecule has 1 saturated heterocycles. The van der Waals surface area contributed by atoms with Crippen LogP contribution in [0.25, 0.3) is 11.0 Å². The van der Waals surface area contributed by atoms with Gasteiger partial charge in [0.1, 0.15) is 11.3 Å². The Hall–Kier alpha value is -2.80. The molecule has 3 aromatic rings. The Kier molecular flexibility index (Phi) is 5.08. The van der Waals surface area contributed by atoms with Crippen LogP contribution in [0.5, 0.6) is 5.75 Å². The molecule has 0 saturated carbocycles. The van der Waals surface area contributed by atoms with E-state index in [9.17, 15) is 13.2 Å². The van der Waals surface area contributed by atoms with Gasteiger partial charge in [0.05, 0.1) is 18.6 Å². The maximum Gasteiger partial charge on any atom is 0.290 e. The van der Waals surface area contributed by atoms with Gasteiger partial charge in [0.15, 0.2) is 15.6 Å². The lowest BCUT2D eigenvalue weighted by Crippen LogP contribution is -2.40. The summed E-state index contributed by atoms with van der Waals surface area (Å²) >= 11 is 0. The van der Waals surface area contributed by atoms with E-state index in [0.717, 1.165) is 16.5 Å². The molecule has 0 spiro atoms. The van der Waals surface area contributed by atoms with E-state index in [1.54, 1.807) is 24.1 Å². The first kappa shape index (κ1) is 19.5. The fourth-order valence-electron chi connectivity index (χ4n) is 3.83. The number of amides is 1. The number of hydrogen-bond acceptors (Lipinski definition) is 5. The molecular formula is C22H23NO5S. The van der Waals surface area contributed by atoms with Gasteiger partial charge in [0, 0.05) is 23.5 Å². The number of sulfone groups is 1. The van der Waals surface area contributed by atoms with E-state index in [1.165, 1.54) is 0 Å². The van der Waals surface area contributed by atoms with Crippen molar-refractivity contribution in [1.82, 2.24) is 4.90 Å². The maximum absolute atomic E-state index is 13.5. The molecule has 1 atom stereocenters. The third-order valence-corrected chi connectivity index (χ3v) is 7.19. The van der Waals surface area contributed by atoms with Gasteiger partial charge in [0.2, 0.25) is 0 Å². The highest BCUT2D eigenvalue weighted by Crippen LogP contribution is 2.31. The highest BCUT2D eigenvalue weighted by atomic mass is 32.2. The minimum Gasteiger partial charge on any atom is -0.497 e. The molecule has 7 heteroatoms. The van der Waals surface area contributed by atoms with Gasteiger partial charge in [-0.1, -0.05) is 30.3 Å². The Labute approximate surface area is 170 Å². The van der Waals surface area contributed by atoms with Crippen LogP contribution in [0.1, 0.15) is 28.1 Å². The number of methoxy groups -OCH3 is 1. The number of aryl methyl sites for hydroxylation is 1. The van der Waals surface area contributed by atoms with Crippen LogP contribution in [0.15, 0.2) is 52.9 Å². The van der Waals surface area contributed by atoms with Crippen molar-refractivity contribution in [3.05, 3.63) is 65.4 Å². The van der Waals surface area contributed by atoms with Crippen molar-refractivity contribution in [2.45, 2.75) is 25.9 Å². The highest BCUT2D eigenvalue weighted by Gasteiger charge is 2.36. The first-order valence-corrected chi connectivity index (χ1v) is 11.3. The van der Waals surface area contributed by atoms with Crippen LogP contribution in [-0.2, 0) is 16.4 Å². The minimum atomic E-state index is -3.13. The van der Waals surface area contributed by atoms with Gasteiger partial charge in [-0.15, -0.1) is 0 Å². The van der Waals surface area contributed by atoms with Crippen molar-refractivity contribution < 1.29 is 22.4 Å². The summed E-state index contributed by atoms with van der Waals surface area (Å²) in [5.41, 5.74) is 2.27. The largest absolute Gasteiger partial charge is 0.497 e. The molecule has 6 nitrogen and oxygen atoms in total. The second-order valence-electron chi connectivity index (χ2n) is 7.39. The summed E-state index contributed by atoms with van der Waals surface area (Å²) in [6.45, 7) is 2.17. The molecule has 1 aliphatic heterocycles. The summed E-state index contributed by atoms with van der Waals surface area (Å²) in [5, 5.41) is 0.811. The van der Waals surface area contributed by atoms with Gasteiger partial charge in [-0.25, -0.2) is 8.42 Å². The number of nitrogens with zero attached hydrogens (tertiary/aromatic N) is 1. The predicted molar refractivity (Wildman–Crippen MR) is 111 cm³/mol. The maximum atomic E-state index is 13.5. The lowest BCUT2D eigenvalue weighted by Gasteiger charge is -2.28. The number of carbonyl (C=O) groups is 1.